The van der Waals surface area contributed by atoms with Gasteiger partial charge in [-0.3, -0.25) is 0 Å². The van der Waals surface area contributed by atoms with E-state index in [-0.39, 0.29) is 6.42 Å². The van der Waals surface area contributed by atoms with Gasteiger partial charge in [-0.2, -0.15) is 0 Å². The van der Waals surface area contributed by atoms with Crippen molar-refractivity contribution in [2.24, 2.45) is 0 Å². The summed E-state index contributed by atoms with van der Waals surface area (Å²) >= 11 is 0. The molecule has 0 radical (unpaired) electrons. The van der Waals surface area contributed by atoms with Gasteiger partial charge in [-0.15, -0.1) is 0 Å². The fourth-order valence-corrected chi connectivity index (χ4v) is 3.54. The van der Waals surface area contributed by atoms with Gasteiger partial charge in [0.25, 0.3) is 0 Å². The molecule has 0 aliphatic carbocycles. The van der Waals surface area contributed by atoms with Crippen molar-refractivity contribution in [1.82, 2.24) is 0 Å². The Morgan fingerprint density at radius 1 is 0.577 bits per heavy atom. The summed E-state index contributed by atoms with van der Waals surface area (Å²) in [7, 11) is 0. The van der Waals surface area contributed by atoms with Crippen LogP contribution in [0.1, 0.15) is 108 Å². The van der Waals surface area contributed by atoms with Crippen molar-refractivity contribution in [2.45, 2.75) is 109 Å². The average molecular weight is 360 g/mol. The quantitative estimate of drug-likeness (QED) is 0.292. The maximum atomic E-state index is 10.3. The molecule has 0 aliphatic rings. The van der Waals surface area contributed by atoms with E-state index in [9.17, 15) is 9.90 Å². The van der Waals surface area contributed by atoms with Crippen molar-refractivity contribution in [1.29, 1.82) is 0 Å². The highest BCUT2D eigenvalue weighted by Crippen LogP contribution is 2.14. The van der Waals surface area contributed by atoms with E-state index in [1.807, 2.05) is 0 Å². The number of carboxylic acid groups (broad SMARTS) is 1. The third-order valence-corrected chi connectivity index (χ3v) is 5.19. The van der Waals surface area contributed by atoms with Gasteiger partial charge in [0.1, 0.15) is 0 Å². The van der Waals surface area contributed by atoms with Crippen molar-refractivity contribution >= 4 is 5.97 Å². The molecule has 0 heterocycles. The lowest BCUT2D eigenvalue weighted by molar-refractivity contribution is -0.305. The van der Waals surface area contributed by atoms with Crippen molar-refractivity contribution < 1.29 is 9.90 Å². The zero-order valence-electron chi connectivity index (χ0n) is 16.7. The van der Waals surface area contributed by atoms with Gasteiger partial charge in [-0.1, -0.05) is 114 Å². The Hall–Kier alpha value is -1.31. The molecule has 0 saturated carbocycles. The molecule has 148 valence electrons. The minimum atomic E-state index is -0.905. The van der Waals surface area contributed by atoms with Gasteiger partial charge in [0.05, 0.1) is 0 Å². The maximum Gasteiger partial charge on any atom is 0.0414 e. The highest BCUT2D eigenvalue weighted by Gasteiger charge is 1.96. The highest BCUT2D eigenvalue weighted by molar-refractivity contribution is 5.64. The van der Waals surface area contributed by atoms with Crippen LogP contribution in [0.5, 0.6) is 0 Å². The normalized spacial score (nSPS) is 10.9. The molecule has 0 aliphatic heterocycles. The summed E-state index contributed by atoms with van der Waals surface area (Å²) in [5.41, 5.74) is 1.48. The lowest BCUT2D eigenvalue weighted by Gasteiger charge is -2.04. The number of hydrogen-bond donors (Lipinski definition) is 0. The molecule has 1 aromatic carbocycles. The number of aliphatic carboxylic acids is 1. The number of carbonyl (C=O) groups is 1. The molecule has 26 heavy (non-hydrogen) atoms. The molecule has 0 unspecified atom stereocenters. The molecule has 0 aromatic heterocycles. The third kappa shape index (κ3) is 15.0. The number of aryl methyl sites for hydroxylation is 1. The second-order valence-corrected chi connectivity index (χ2v) is 7.66. The van der Waals surface area contributed by atoms with Gasteiger partial charge in [0, 0.05) is 5.97 Å². The fourth-order valence-electron chi connectivity index (χ4n) is 3.54. The van der Waals surface area contributed by atoms with Gasteiger partial charge >= 0.3 is 0 Å². The third-order valence-electron chi connectivity index (χ3n) is 5.19. The molecule has 0 fully saturated rings. The molecular formula is C24H39O2-. The van der Waals surface area contributed by atoms with Crippen molar-refractivity contribution in [3.63, 3.8) is 0 Å². The molecule has 0 N–H and O–H groups in total. The summed E-state index contributed by atoms with van der Waals surface area (Å²) in [6, 6.07) is 10.8. The zero-order chi connectivity index (χ0) is 18.7. The van der Waals surface area contributed by atoms with Gasteiger partial charge < -0.3 is 9.90 Å². The van der Waals surface area contributed by atoms with Gasteiger partial charge in [0.2, 0.25) is 0 Å². The maximum absolute atomic E-state index is 10.3. The van der Waals surface area contributed by atoms with Crippen LogP contribution in [-0.2, 0) is 11.2 Å². The van der Waals surface area contributed by atoms with Crippen LogP contribution in [0.25, 0.3) is 0 Å². The van der Waals surface area contributed by atoms with Crippen molar-refractivity contribution in [2.75, 3.05) is 0 Å². The molecular weight excluding hydrogens is 320 g/mol. The van der Waals surface area contributed by atoms with Crippen LogP contribution in [0.2, 0.25) is 0 Å². The zero-order valence-corrected chi connectivity index (χ0v) is 16.7. The Labute approximate surface area is 161 Å². The summed E-state index contributed by atoms with van der Waals surface area (Å²) in [6.07, 6.45) is 20.9. The second kappa shape index (κ2) is 17.1. The second-order valence-electron chi connectivity index (χ2n) is 7.66. The van der Waals surface area contributed by atoms with E-state index in [2.05, 4.69) is 30.3 Å². The number of rotatable bonds is 18. The first-order valence-corrected chi connectivity index (χ1v) is 11.0. The first-order valence-electron chi connectivity index (χ1n) is 11.0. The van der Waals surface area contributed by atoms with E-state index in [0.29, 0.717) is 0 Å². The van der Waals surface area contributed by atoms with Crippen LogP contribution in [0.15, 0.2) is 30.3 Å². The van der Waals surface area contributed by atoms with Crippen LogP contribution in [0, 0.1) is 0 Å². The number of carboxylic acids is 1. The molecule has 2 nitrogen and oxygen atoms in total. The van der Waals surface area contributed by atoms with Crippen LogP contribution in [0.3, 0.4) is 0 Å². The number of benzene rings is 1. The summed E-state index contributed by atoms with van der Waals surface area (Å²) in [5.74, 6) is -0.905. The Morgan fingerprint density at radius 3 is 1.38 bits per heavy atom. The molecule has 0 spiro atoms. The summed E-state index contributed by atoms with van der Waals surface area (Å²) in [5, 5.41) is 10.3. The molecule has 0 bridgehead atoms. The van der Waals surface area contributed by atoms with Crippen molar-refractivity contribution in [3.05, 3.63) is 35.9 Å². The molecule has 0 atom stereocenters. The molecule has 2 heteroatoms. The molecule has 1 aromatic rings. The summed E-state index contributed by atoms with van der Waals surface area (Å²) in [4.78, 5) is 10.3. The van der Waals surface area contributed by atoms with E-state index < -0.39 is 5.97 Å². The smallest absolute Gasteiger partial charge is 0.0414 e. The van der Waals surface area contributed by atoms with Gasteiger partial charge in [0.15, 0.2) is 0 Å². The Bertz CT molecular complexity index is 427. The van der Waals surface area contributed by atoms with E-state index in [4.69, 9.17) is 0 Å². The minimum Gasteiger partial charge on any atom is -0.550 e. The van der Waals surface area contributed by atoms with E-state index >= 15 is 0 Å². The van der Waals surface area contributed by atoms with E-state index in [1.165, 1.54) is 95.5 Å². The van der Waals surface area contributed by atoms with Crippen LogP contribution >= 0.6 is 0 Å². The van der Waals surface area contributed by atoms with Crippen LogP contribution < -0.4 is 5.11 Å². The first kappa shape index (κ1) is 22.7. The minimum absolute atomic E-state index is 0.229. The lowest BCUT2D eigenvalue weighted by atomic mass is 10.0. The SMILES string of the molecule is O=C([O-])CCCCCCCCCCCCCCCCCc1ccccc1. The Balaban J connectivity index is 1.70. The Morgan fingerprint density at radius 2 is 0.962 bits per heavy atom. The summed E-state index contributed by atoms with van der Waals surface area (Å²) in [6.45, 7) is 0. The van der Waals surface area contributed by atoms with Crippen LogP contribution in [-0.4, -0.2) is 5.97 Å². The largest absolute Gasteiger partial charge is 0.550 e. The molecule has 0 amide bonds. The topological polar surface area (TPSA) is 40.1 Å². The van der Waals surface area contributed by atoms with Gasteiger partial charge in [-0.25, -0.2) is 0 Å². The lowest BCUT2D eigenvalue weighted by Crippen LogP contribution is -2.21. The standard InChI is InChI=1S/C24H40O2/c25-24(26)22-18-13-11-9-7-5-3-1-2-4-6-8-10-12-15-19-23-20-16-14-17-21-23/h14,16-17,20-21H,1-13,15,18-19,22H2,(H,25,26)/p-1. The monoisotopic (exact) mass is 359 g/mol. The average Bonchev–Trinajstić information content (AvgIpc) is 2.65. The van der Waals surface area contributed by atoms with E-state index in [1.54, 1.807) is 0 Å². The molecule has 0 saturated heterocycles. The van der Waals surface area contributed by atoms with Crippen molar-refractivity contribution in [3.8, 4) is 0 Å². The molecule has 1 rings (SSSR count). The Kier molecular flexibility index (Phi) is 15.0. The van der Waals surface area contributed by atoms with Gasteiger partial charge in [-0.05, 0) is 31.2 Å². The number of carbonyl (C=O) groups excluding carboxylic acids is 1. The first-order chi connectivity index (χ1) is 12.8. The predicted octanol–water partition coefficient (Wildman–Crippen LogP) is 6.22. The fraction of sp³-hybridized carbons (Fsp3) is 0.708. The number of hydrogen-bond acceptors (Lipinski definition) is 2. The highest BCUT2D eigenvalue weighted by atomic mass is 16.4. The summed E-state index contributed by atoms with van der Waals surface area (Å²) < 4.78 is 0. The van der Waals surface area contributed by atoms with Crippen LogP contribution in [0.4, 0.5) is 0 Å². The van der Waals surface area contributed by atoms with E-state index in [0.717, 1.165) is 12.8 Å². The predicted molar refractivity (Wildman–Crippen MR) is 109 cm³/mol. The number of unbranched alkanes of at least 4 members (excludes halogenated alkanes) is 14.